The third-order valence-corrected chi connectivity index (χ3v) is 3.04. The Labute approximate surface area is 119 Å². The fourth-order valence-corrected chi connectivity index (χ4v) is 2.02. The molecule has 0 radical (unpaired) electrons. The minimum atomic E-state index is -0.436. The number of pyridine rings is 1. The lowest BCUT2D eigenvalue weighted by Gasteiger charge is -2.04. The van der Waals surface area contributed by atoms with Gasteiger partial charge in [-0.1, -0.05) is 11.2 Å². The van der Waals surface area contributed by atoms with Crippen LogP contribution in [0.5, 0.6) is 0 Å². The van der Waals surface area contributed by atoms with Gasteiger partial charge in [0, 0.05) is 11.3 Å². The van der Waals surface area contributed by atoms with Crippen molar-refractivity contribution in [2.24, 2.45) is 5.16 Å². The molecule has 21 heavy (non-hydrogen) atoms. The van der Waals surface area contributed by atoms with Crippen LogP contribution in [0.25, 0.3) is 11.1 Å². The van der Waals surface area contributed by atoms with Crippen LogP contribution in [-0.2, 0) is 0 Å². The van der Waals surface area contributed by atoms with Gasteiger partial charge in [0.1, 0.15) is 5.52 Å². The molecule has 3 rings (SSSR count). The Kier molecular flexibility index (Phi) is 3.19. The zero-order valence-electron chi connectivity index (χ0n) is 11.1. The Morgan fingerprint density at radius 2 is 2.14 bits per heavy atom. The summed E-state index contributed by atoms with van der Waals surface area (Å²) in [6.07, 6.45) is 1.31. The number of carbonyl (C=O) groups excluding carboxylic acids is 1. The molecule has 104 valence electrons. The normalized spacial score (nSPS) is 11.8. The summed E-state index contributed by atoms with van der Waals surface area (Å²) in [5.74, 6) is -0.436. The van der Waals surface area contributed by atoms with Crippen LogP contribution in [-0.4, -0.2) is 26.7 Å². The van der Waals surface area contributed by atoms with Crippen molar-refractivity contribution >= 4 is 22.6 Å². The maximum Gasteiger partial charge on any atom is 0.217 e. The molecule has 2 aromatic heterocycles. The Hall–Kier alpha value is -3.02. The summed E-state index contributed by atoms with van der Waals surface area (Å²) >= 11 is 0. The Bertz CT molecular complexity index is 852. The number of aryl methyl sites for hydroxylation is 1. The smallest absolute Gasteiger partial charge is 0.217 e. The van der Waals surface area contributed by atoms with E-state index >= 15 is 0 Å². The molecule has 0 saturated heterocycles. The molecule has 6 heteroatoms. The van der Waals surface area contributed by atoms with Crippen molar-refractivity contribution in [1.82, 2.24) is 9.97 Å². The third-order valence-electron chi connectivity index (χ3n) is 3.04. The molecule has 0 bridgehead atoms. The molecule has 0 unspecified atom stereocenters. The van der Waals surface area contributed by atoms with Gasteiger partial charge in [0.25, 0.3) is 0 Å². The maximum absolute atomic E-state index is 12.5. The minimum absolute atomic E-state index is 0.113. The predicted molar refractivity (Wildman–Crippen MR) is 75.6 cm³/mol. The number of oxime groups is 1. The summed E-state index contributed by atoms with van der Waals surface area (Å²) in [6.45, 7) is 1.80. The number of hydrogen-bond donors (Lipinski definition) is 1. The number of Topliss-reactive ketones (excluding diaryl/α,β-unsaturated/α-hetero) is 1. The molecule has 6 nitrogen and oxygen atoms in total. The lowest BCUT2D eigenvalue weighted by Crippen LogP contribution is -2.17. The first-order chi connectivity index (χ1) is 10.2. The SMILES string of the molecule is Cc1cccc(C(=NO)C(=O)c2ccc3ncoc3c2)n1. The number of fused-ring (bicyclic) bond motifs is 1. The van der Waals surface area contributed by atoms with Crippen molar-refractivity contribution in [3.8, 4) is 0 Å². The van der Waals surface area contributed by atoms with E-state index in [-0.39, 0.29) is 5.71 Å². The van der Waals surface area contributed by atoms with E-state index in [4.69, 9.17) is 9.62 Å². The fourth-order valence-electron chi connectivity index (χ4n) is 2.02. The predicted octanol–water partition coefficient (Wildman–Crippen LogP) is 2.59. The van der Waals surface area contributed by atoms with Gasteiger partial charge in [0.15, 0.2) is 17.7 Å². The van der Waals surface area contributed by atoms with Gasteiger partial charge in [-0.2, -0.15) is 0 Å². The van der Waals surface area contributed by atoms with Crippen molar-refractivity contribution < 1.29 is 14.4 Å². The Morgan fingerprint density at radius 1 is 1.29 bits per heavy atom. The number of aromatic nitrogens is 2. The summed E-state index contributed by atoms with van der Waals surface area (Å²) in [5.41, 5.74) is 2.43. The zero-order valence-corrected chi connectivity index (χ0v) is 11.1. The van der Waals surface area contributed by atoms with Gasteiger partial charge >= 0.3 is 0 Å². The van der Waals surface area contributed by atoms with Crippen LogP contribution in [0.15, 0.2) is 52.4 Å². The molecule has 1 aromatic carbocycles. The molecule has 0 saturated carbocycles. The van der Waals surface area contributed by atoms with Gasteiger partial charge in [-0.25, -0.2) is 4.98 Å². The standard InChI is InChI=1S/C15H11N3O3/c1-9-3-2-4-12(17-9)14(18-20)15(19)10-5-6-11-13(7-10)21-8-16-11/h2-8,20H,1H3. The quantitative estimate of drug-likeness (QED) is 0.345. The summed E-state index contributed by atoms with van der Waals surface area (Å²) < 4.78 is 5.17. The van der Waals surface area contributed by atoms with Gasteiger partial charge in [-0.3, -0.25) is 9.78 Å². The second kappa shape index (κ2) is 5.16. The molecule has 2 heterocycles. The van der Waals surface area contributed by atoms with Gasteiger partial charge in [0.05, 0.1) is 5.69 Å². The molecular formula is C15H11N3O3. The van der Waals surface area contributed by atoms with Crippen LogP contribution >= 0.6 is 0 Å². The zero-order chi connectivity index (χ0) is 14.8. The maximum atomic E-state index is 12.5. The Morgan fingerprint density at radius 3 is 2.90 bits per heavy atom. The number of ketones is 1. The number of hydrogen-bond acceptors (Lipinski definition) is 6. The second-order valence-electron chi connectivity index (χ2n) is 4.48. The van der Waals surface area contributed by atoms with E-state index < -0.39 is 5.78 Å². The van der Waals surface area contributed by atoms with Crippen molar-refractivity contribution in [3.05, 3.63) is 59.7 Å². The van der Waals surface area contributed by atoms with Crippen LogP contribution < -0.4 is 0 Å². The highest BCUT2D eigenvalue weighted by Gasteiger charge is 2.19. The fraction of sp³-hybridized carbons (Fsp3) is 0.0667. The van der Waals surface area contributed by atoms with E-state index in [1.54, 1.807) is 43.3 Å². The van der Waals surface area contributed by atoms with Gasteiger partial charge in [0.2, 0.25) is 5.78 Å². The molecule has 0 spiro atoms. The van der Waals surface area contributed by atoms with Gasteiger partial charge in [-0.15, -0.1) is 0 Å². The second-order valence-corrected chi connectivity index (χ2v) is 4.48. The molecule has 0 fully saturated rings. The average Bonchev–Trinajstić information content (AvgIpc) is 2.95. The molecule has 0 aliphatic rings. The lowest BCUT2D eigenvalue weighted by molar-refractivity contribution is 0.106. The molecule has 0 aliphatic carbocycles. The van der Waals surface area contributed by atoms with Crippen molar-refractivity contribution in [1.29, 1.82) is 0 Å². The molecule has 0 aliphatic heterocycles. The topological polar surface area (TPSA) is 88.6 Å². The van der Waals surface area contributed by atoms with Crippen LogP contribution in [0.1, 0.15) is 21.7 Å². The van der Waals surface area contributed by atoms with E-state index in [0.717, 1.165) is 5.69 Å². The van der Waals surface area contributed by atoms with Crippen LogP contribution in [0.3, 0.4) is 0 Å². The van der Waals surface area contributed by atoms with E-state index in [0.29, 0.717) is 22.4 Å². The van der Waals surface area contributed by atoms with Gasteiger partial charge < -0.3 is 9.62 Å². The number of carbonyl (C=O) groups is 1. The summed E-state index contributed by atoms with van der Waals surface area (Å²) in [4.78, 5) is 20.6. The van der Waals surface area contributed by atoms with Crippen LogP contribution in [0, 0.1) is 6.92 Å². The number of oxazole rings is 1. The Balaban J connectivity index is 2.02. The van der Waals surface area contributed by atoms with Gasteiger partial charge in [-0.05, 0) is 37.3 Å². The highest BCUT2D eigenvalue weighted by atomic mass is 16.4. The molecule has 0 atom stereocenters. The van der Waals surface area contributed by atoms with E-state index in [2.05, 4.69) is 15.1 Å². The molecular weight excluding hydrogens is 270 g/mol. The number of rotatable bonds is 3. The van der Waals surface area contributed by atoms with Crippen LogP contribution in [0.2, 0.25) is 0 Å². The first-order valence-corrected chi connectivity index (χ1v) is 6.23. The highest BCUT2D eigenvalue weighted by molar-refractivity contribution is 6.51. The van der Waals surface area contributed by atoms with Crippen LogP contribution in [0.4, 0.5) is 0 Å². The van der Waals surface area contributed by atoms with E-state index in [1.165, 1.54) is 6.39 Å². The average molecular weight is 281 g/mol. The first-order valence-electron chi connectivity index (χ1n) is 6.23. The minimum Gasteiger partial charge on any atom is -0.443 e. The number of benzene rings is 1. The molecule has 0 amide bonds. The first kappa shape index (κ1) is 13.0. The third kappa shape index (κ3) is 2.38. The van der Waals surface area contributed by atoms with Crippen molar-refractivity contribution in [2.45, 2.75) is 6.92 Å². The number of nitrogens with zero attached hydrogens (tertiary/aromatic N) is 3. The lowest BCUT2D eigenvalue weighted by atomic mass is 10.0. The van der Waals surface area contributed by atoms with Crippen molar-refractivity contribution in [2.75, 3.05) is 0 Å². The largest absolute Gasteiger partial charge is 0.443 e. The summed E-state index contributed by atoms with van der Waals surface area (Å²) in [6, 6.07) is 10.00. The van der Waals surface area contributed by atoms with Crippen molar-refractivity contribution in [3.63, 3.8) is 0 Å². The molecule has 3 aromatic rings. The monoisotopic (exact) mass is 281 g/mol. The van der Waals surface area contributed by atoms with E-state index in [9.17, 15) is 4.79 Å². The van der Waals surface area contributed by atoms with E-state index in [1.807, 2.05) is 0 Å². The highest BCUT2D eigenvalue weighted by Crippen LogP contribution is 2.16. The summed E-state index contributed by atoms with van der Waals surface area (Å²) in [7, 11) is 0. The summed E-state index contributed by atoms with van der Waals surface area (Å²) in [5, 5.41) is 12.3. The molecule has 1 N–H and O–H groups in total.